The van der Waals surface area contributed by atoms with Crippen molar-refractivity contribution in [3.05, 3.63) is 23.0 Å². The van der Waals surface area contributed by atoms with E-state index in [1.54, 1.807) is 0 Å². The minimum absolute atomic E-state index is 0.0804. The summed E-state index contributed by atoms with van der Waals surface area (Å²) in [5.74, 6) is -0.0804. The lowest BCUT2D eigenvalue weighted by molar-refractivity contribution is -0.130. The van der Waals surface area contributed by atoms with Crippen molar-refractivity contribution in [3.63, 3.8) is 0 Å². The molecule has 1 fully saturated rings. The molecule has 0 radical (unpaired) electrons. The largest absolute Gasteiger partial charge is 0.389 e. The Balaban J connectivity index is 1.62. The summed E-state index contributed by atoms with van der Waals surface area (Å²) in [7, 11) is 0. The number of H-pyrrole nitrogens is 1. The van der Waals surface area contributed by atoms with Crippen molar-refractivity contribution < 1.29 is 14.6 Å². The van der Waals surface area contributed by atoms with Crippen molar-refractivity contribution in [2.45, 2.75) is 58.0 Å². The number of amides is 1. The van der Waals surface area contributed by atoms with Gasteiger partial charge in [-0.25, -0.2) is 0 Å². The third-order valence-corrected chi connectivity index (χ3v) is 5.63. The molecule has 3 rings (SSSR count). The zero-order valence-electron chi connectivity index (χ0n) is 14.2. The quantitative estimate of drug-likeness (QED) is 0.796. The molecule has 1 aliphatic heterocycles. The van der Waals surface area contributed by atoms with Crippen LogP contribution in [0, 0.1) is 5.41 Å². The van der Waals surface area contributed by atoms with Gasteiger partial charge >= 0.3 is 0 Å². The Hall–Kier alpha value is -1.33. The number of hydrogen-bond donors (Lipinski definition) is 3. The fourth-order valence-corrected chi connectivity index (χ4v) is 3.67. The van der Waals surface area contributed by atoms with Gasteiger partial charge in [0.05, 0.1) is 5.60 Å². The van der Waals surface area contributed by atoms with E-state index in [4.69, 9.17) is 4.74 Å². The van der Waals surface area contributed by atoms with E-state index in [-0.39, 0.29) is 5.91 Å². The van der Waals surface area contributed by atoms with E-state index in [0.29, 0.717) is 38.3 Å². The molecule has 1 amide bonds. The molecule has 3 N–H and O–H groups in total. The summed E-state index contributed by atoms with van der Waals surface area (Å²) < 4.78 is 5.35. The molecule has 2 heterocycles. The second kappa shape index (κ2) is 6.29. The molecular formula is C18H28N2O3. The van der Waals surface area contributed by atoms with Crippen molar-refractivity contribution in [1.29, 1.82) is 0 Å². The number of rotatable bonds is 4. The van der Waals surface area contributed by atoms with Crippen molar-refractivity contribution in [3.8, 4) is 0 Å². The van der Waals surface area contributed by atoms with Gasteiger partial charge < -0.3 is 20.1 Å². The van der Waals surface area contributed by atoms with Crippen LogP contribution in [0.1, 0.15) is 61.3 Å². The first-order valence-corrected chi connectivity index (χ1v) is 8.70. The molecule has 0 spiro atoms. The van der Waals surface area contributed by atoms with Gasteiger partial charge in [0.25, 0.3) is 5.91 Å². The molecule has 1 aromatic rings. The van der Waals surface area contributed by atoms with E-state index in [9.17, 15) is 9.90 Å². The predicted octanol–water partition coefficient (Wildman–Crippen LogP) is 2.19. The molecule has 5 heteroatoms. The number of aromatic nitrogens is 1. The number of hydrogen-bond acceptors (Lipinski definition) is 3. The van der Waals surface area contributed by atoms with Gasteiger partial charge in [-0.1, -0.05) is 13.8 Å². The summed E-state index contributed by atoms with van der Waals surface area (Å²) in [4.78, 5) is 15.7. The lowest BCUT2D eigenvalue weighted by Crippen LogP contribution is -2.53. The molecule has 0 bridgehead atoms. The predicted molar refractivity (Wildman–Crippen MR) is 88.6 cm³/mol. The maximum absolute atomic E-state index is 12.4. The van der Waals surface area contributed by atoms with E-state index in [2.05, 4.69) is 10.3 Å². The van der Waals surface area contributed by atoms with Crippen molar-refractivity contribution in [2.75, 3.05) is 19.8 Å². The Kier molecular flexibility index (Phi) is 4.52. The van der Waals surface area contributed by atoms with Crippen LogP contribution in [-0.2, 0) is 17.6 Å². The van der Waals surface area contributed by atoms with Crippen LogP contribution in [0.2, 0.25) is 0 Å². The topological polar surface area (TPSA) is 74.4 Å². The van der Waals surface area contributed by atoms with Crippen LogP contribution < -0.4 is 5.32 Å². The van der Waals surface area contributed by atoms with Crippen LogP contribution in [-0.4, -0.2) is 41.4 Å². The highest BCUT2D eigenvalue weighted by molar-refractivity contribution is 5.92. The highest BCUT2D eigenvalue weighted by Crippen LogP contribution is 2.38. The number of ether oxygens (including phenoxy) is 1. The fourth-order valence-electron chi connectivity index (χ4n) is 3.67. The molecular weight excluding hydrogens is 292 g/mol. The van der Waals surface area contributed by atoms with Gasteiger partial charge in [0.15, 0.2) is 0 Å². The summed E-state index contributed by atoms with van der Waals surface area (Å²) in [6, 6.07) is 1.99. The van der Waals surface area contributed by atoms with Crippen LogP contribution in [0.3, 0.4) is 0 Å². The Labute approximate surface area is 137 Å². The average Bonchev–Trinajstić information content (AvgIpc) is 2.97. The molecule has 1 aliphatic carbocycles. The van der Waals surface area contributed by atoms with Gasteiger partial charge in [-0.3, -0.25) is 4.79 Å². The number of carbonyl (C=O) groups is 1. The highest BCUT2D eigenvalue weighted by atomic mass is 16.5. The smallest absolute Gasteiger partial charge is 0.267 e. The number of fused-ring (bicyclic) bond motifs is 1. The second-order valence-corrected chi connectivity index (χ2v) is 7.60. The van der Waals surface area contributed by atoms with Crippen LogP contribution in [0.4, 0.5) is 0 Å². The fraction of sp³-hybridized carbons (Fsp3) is 0.722. The van der Waals surface area contributed by atoms with E-state index >= 15 is 0 Å². The van der Waals surface area contributed by atoms with Gasteiger partial charge in [-0.2, -0.15) is 0 Å². The van der Waals surface area contributed by atoms with Crippen molar-refractivity contribution in [1.82, 2.24) is 10.3 Å². The molecule has 0 atom stereocenters. The van der Waals surface area contributed by atoms with Crippen LogP contribution in [0.15, 0.2) is 6.07 Å². The zero-order chi connectivity index (χ0) is 16.5. The Bertz CT molecular complexity index is 547. The lowest BCUT2D eigenvalue weighted by Gasteiger charge is -2.45. The molecule has 0 aromatic carbocycles. The van der Waals surface area contributed by atoms with Gasteiger partial charge in [-0.15, -0.1) is 0 Å². The van der Waals surface area contributed by atoms with Crippen LogP contribution >= 0.6 is 0 Å². The molecule has 5 nitrogen and oxygen atoms in total. The number of aryl methyl sites for hydroxylation is 2. The van der Waals surface area contributed by atoms with Crippen LogP contribution in [0.5, 0.6) is 0 Å². The monoisotopic (exact) mass is 320 g/mol. The number of carbonyl (C=O) groups excluding carboxylic acids is 1. The third-order valence-electron chi connectivity index (χ3n) is 5.63. The lowest BCUT2D eigenvalue weighted by atomic mass is 9.70. The molecule has 2 aliphatic rings. The minimum atomic E-state index is -0.784. The Morgan fingerprint density at radius 2 is 2.04 bits per heavy atom. The molecule has 23 heavy (non-hydrogen) atoms. The van der Waals surface area contributed by atoms with Gasteiger partial charge in [0.2, 0.25) is 0 Å². The highest BCUT2D eigenvalue weighted by Gasteiger charge is 2.44. The first-order valence-electron chi connectivity index (χ1n) is 8.70. The van der Waals surface area contributed by atoms with E-state index < -0.39 is 11.0 Å². The van der Waals surface area contributed by atoms with E-state index in [0.717, 1.165) is 12.8 Å². The molecule has 128 valence electrons. The second-order valence-electron chi connectivity index (χ2n) is 7.60. The van der Waals surface area contributed by atoms with E-state index in [1.165, 1.54) is 24.1 Å². The van der Waals surface area contributed by atoms with Gasteiger partial charge in [0, 0.05) is 43.7 Å². The average molecular weight is 320 g/mol. The molecule has 0 saturated carbocycles. The summed E-state index contributed by atoms with van der Waals surface area (Å²) in [5, 5.41) is 13.9. The van der Waals surface area contributed by atoms with Gasteiger partial charge in [0.1, 0.15) is 5.69 Å². The van der Waals surface area contributed by atoms with Crippen molar-refractivity contribution in [2.24, 2.45) is 5.41 Å². The number of aliphatic hydroxyl groups is 1. The standard InChI is InChI=1S/C18H28N2O3/c1-17(2,18(22)7-9-23-10-8-18)12-19-16(21)15-11-13-5-3-4-6-14(13)20-15/h11,20,22H,3-10,12H2,1-2H3,(H,19,21). The zero-order valence-corrected chi connectivity index (χ0v) is 14.2. The Morgan fingerprint density at radius 1 is 1.35 bits per heavy atom. The third kappa shape index (κ3) is 3.31. The molecule has 1 saturated heterocycles. The first kappa shape index (κ1) is 16.5. The Morgan fingerprint density at radius 3 is 2.74 bits per heavy atom. The summed E-state index contributed by atoms with van der Waals surface area (Å²) in [6.07, 6.45) is 5.72. The van der Waals surface area contributed by atoms with Gasteiger partial charge in [-0.05, 0) is 37.3 Å². The summed E-state index contributed by atoms with van der Waals surface area (Å²) >= 11 is 0. The first-order chi connectivity index (χ1) is 10.9. The molecule has 0 unspecified atom stereocenters. The van der Waals surface area contributed by atoms with Crippen molar-refractivity contribution >= 4 is 5.91 Å². The summed E-state index contributed by atoms with van der Waals surface area (Å²) in [6.45, 7) is 5.64. The SMILES string of the molecule is CC(C)(CNC(=O)c1cc2c([nH]1)CCCC2)C1(O)CCOCC1. The maximum Gasteiger partial charge on any atom is 0.267 e. The molecule has 1 aromatic heterocycles. The van der Waals surface area contributed by atoms with Crippen LogP contribution in [0.25, 0.3) is 0 Å². The summed E-state index contributed by atoms with van der Waals surface area (Å²) in [5.41, 5.74) is 1.96. The number of nitrogens with one attached hydrogen (secondary N) is 2. The van der Waals surface area contributed by atoms with E-state index in [1.807, 2.05) is 19.9 Å². The number of aromatic amines is 1. The normalized spacial score (nSPS) is 20.8. The minimum Gasteiger partial charge on any atom is -0.389 e. The maximum atomic E-state index is 12.4.